The third-order valence-corrected chi connectivity index (χ3v) is 2.44. The summed E-state index contributed by atoms with van der Waals surface area (Å²) in [6.45, 7) is -0.00918. The lowest BCUT2D eigenvalue weighted by Crippen LogP contribution is -1.92. The molecule has 1 aromatic carbocycles. The number of ether oxygens (including phenoxy) is 1. The number of rotatable bonds is 3. The number of hydrogen-bond acceptors (Lipinski definition) is 4. The largest absolute Gasteiger partial charge is 0.424 e. The van der Waals surface area contributed by atoms with E-state index in [0.29, 0.717) is 11.8 Å². The lowest BCUT2D eigenvalue weighted by molar-refractivity contribution is 0.281. The maximum Gasteiger partial charge on any atom is 0.321 e. The maximum absolute atomic E-state index is 8.98. The second-order valence-corrected chi connectivity index (χ2v) is 4.34. The highest BCUT2D eigenvalue weighted by molar-refractivity contribution is 14.1. The van der Waals surface area contributed by atoms with Crippen molar-refractivity contribution in [3.05, 3.63) is 45.8 Å². The van der Waals surface area contributed by atoms with Gasteiger partial charge in [-0.3, -0.25) is 0 Å². The van der Waals surface area contributed by atoms with Gasteiger partial charge in [-0.25, -0.2) is 9.97 Å². The van der Waals surface area contributed by atoms with E-state index >= 15 is 0 Å². The molecule has 1 N–H and O–H groups in total. The first-order valence-electron chi connectivity index (χ1n) is 4.63. The molecular weight excluding hydrogens is 319 g/mol. The molecule has 1 aromatic heterocycles. The summed E-state index contributed by atoms with van der Waals surface area (Å²) < 4.78 is 6.39. The van der Waals surface area contributed by atoms with Crippen molar-refractivity contribution in [2.45, 2.75) is 6.61 Å². The van der Waals surface area contributed by atoms with E-state index in [-0.39, 0.29) is 6.61 Å². The topological polar surface area (TPSA) is 55.2 Å². The van der Waals surface area contributed by atoms with Gasteiger partial charge in [-0.05, 0) is 40.3 Å². The van der Waals surface area contributed by atoms with E-state index in [2.05, 4.69) is 32.6 Å². The third kappa shape index (κ3) is 2.89. The van der Waals surface area contributed by atoms with Gasteiger partial charge in [0.05, 0.1) is 6.61 Å². The zero-order valence-corrected chi connectivity index (χ0v) is 10.5. The van der Waals surface area contributed by atoms with Crippen LogP contribution in [0.2, 0.25) is 0 Å². The van der Waals surface area contributed by atoms with Gasteiger partial charge in [-0.1, -0.05) is 12.1 Å². The predicted octanol–water partition coefficient (Wildman–Crippen LogP) is 2.37. The second-order valence-electron chi connectivity index (χ2n) is 3.09. The summed E-state index contributed by atoms with van der Waals surface area (Å²) in [6.07, 6.45) is 3.36. The van der Waals surface area contributed by atoms with Gasteiger partial charge in [-0.15, -0.1) is 0 Å². The molecule has 0 aliphatic carbocycles. The van der Waals surface area contributed by atoms with Crippen molar-refractivity contribution in [3.63, 3.8) is 0 Å². The van der Waals surface area contributed by atoms with Gasteiger partial charge >= 0.3 is 6.01 Å². The molecule has 0 aliphatic heterocycles. The molecule has 0 saturated heterocycles. The number of aromatic nitrogens is 2. The quantitative estimate of drug-likeness (QED) is 0.879. The minimum Gasteiger partial charge on any atom is -0.424 e. The van der Waals surface area contributed by atoms with Crippen LogP contribution >= 0.6 is 22.6 Å². The molecule has 0 unspecified atom stereocenters. The molecule has 0 radical (unpaired) electrons. The van der Waals surface area contributed by atoms with Gasteiger partial charge in [0.15, 0.2) is 0 Å². The van der Waals surface area contributed by atoms with Crippen LogP contribution in [-0.2, 0) is 6.61 Å². The van der Waals surface area contributed by atoms with Crippen molar-refractivity contribution in [1.82, 2.24) is 9.97 Å². The molecule has 0 spiro atoms. The standard InChI is InChI=1S/C11H9IN2O2/c12-9-5-13-11(14-6-9)16-10-3-1-2-8(4-10)7-15/h1-6,15H,7H2. The Morgan fingerprint density at radius 2 is 2.00 bits per heavy atom. The van der Waals surface area contributed by atoms with Crippen LogP contribution in [0.1, 0.15) is 5.56 Å². The first-order valence-corrected chi connectivity index (χ1v) is 5.71. The van der Waals surface area contributed by atoms with E-state index < -0.39 is 0 Å². The van der Waals surface area contributed by atoms with Crippen molar-refractivity contribution in [2.75, 3.05) is 0 Å². The van der Waals surface area contributed by atoms with Crippen molar-refractivity contribution in [3.8, 4) is 11.8 Å². The van der Waals surface area contributed by atoms with Crippen LogP contribution < -0.4 is 4.74 Å². The van der Waals surface area contributed by atoms with Gasteiger partial charge in [-0.2, -0.15) is 0 Å². The van der Waals surface area contributed by atoms with Crippen LogP contribution in [-0.4, -0.2) is 15.1 Å². The van der Waals surface area contributed by atoms with Crippen LogP contribution in [0.4, 0.5) is 0 Å². The summed E-state index contributed by atoms with van der Waals surface area (Å²) in [7, 11) is 0. The first kappa shape index (κ1) is 11.3. The van der Waals surface area contributed by atoms with Crippen molar-refractivity contribution >= 4 is 22.6 Å². The Morgan fingerprint density at radius 3 is 2.69 bits per heavy atom. The SMILES string of the molecule is OCc1cccc(Oc2ncc(I)cn2)c1. The Labute approximate surface area is 106 Å². The molecular formula is C11H9IN2O2. The summed E-state index contributed by atoms with van der Waals surface area (Å²) in [4.78, 5) is 8.05. The average Bonchev–Trinajstić information content (AvgIpc) is 2.32. The van der Waals surface area contributed by atoms with Crippen LogP contribution in [0.3, 0.4) is 0 Å². The lowest BCUT2D eigenvalue weighted by Gasteiger charge is -2.04. The molecule has 2 aromatic rings. The zero-order chi connectivity index (χ0) is 11.4. The normalized spacial score (nSPS) is 10.1. The molecule has 0 amide bonds. The van der Waals surface area contributed by atoms with Crippen molar-refractivity contribution in [1.29, 1.82) is 0 Å². The average molecular weight is 328 g/mol. The second kappa shape index (κ2) is 5.22. The minimum absolute atomic E-state index is 0.00918. The molecule has 1 heterocycles. The van der Waals surface area contributed by atoms with Crippen LogP contribution in [0.5, 0.6) is 11.8 Å². The maximum atomic E-state index is 8.98. The Kier molecular flexibility index (Phi) is 3.68. The highest BCUT2D eigenvalue weighted by atomic mass is 127. The fourth-order valence-corrected chi connectivity index (χ4v) is 1.44. The first-order chi connectivity index (χ1) is 7.78. The molecule has 82 valence electrons. The van der Waals surface area contributed by atoms with Crippen LogP contribution in [0.15, 0.2) is 36.7 Å². The van der Waals surface area contributed by atoms with E-state index in [9.17, 15) is 0 Å². The van der Waals surface area contributed by atoms with E-state index in [1.54, 1.807) is 24.5 Å². The van der Waals surface area contributed by atoms with Gasteiger partial charge in [0.2, 0.25) is 0 Å². The van der Waals surface area contributed by atoms with E-state index in [1.165, 1.54) is 0 Å². The van der Waals surface area contributed by atoms with Gasteiger partial charge < -0.3 is 9.84 Å². The summed E-state index contributed by atoms with van der Waals surface area (Å²) in [5.74, 6) is 0.618. The smallest absolute Gasteiger partial charge is 0.321 e. The fourth-order valence-electron chi connectivity index (χ4n) is 1.17. The number of aliphatic hydroxyl groups is 1. The summed E-state index contributed by atoms with van der Waals surface area (Å²) in [6, 6.07) is 7.48. The van der Waals surface area contributed by atoms with Gasteiger partial charge in [0.25, 0.3) is 0 Å². The minimum atomic E-state index is -0.00918. The van der Waals surface area contributed by atoms with Crippen molar-refractivity contribution < 1.29 is 9.84 Å². The Morgan fingerprint density at radius 1 is 1.25 bits per heavy atom. The van der Waals surface area contributed by atoms with Gasteiger partial charge in [0.1, 0.15) is 5.75 Å². The molecule has 2 rings (SSSR count). The third-order valence-electron chi connectivity index (χ3n) is 1.89. The Balaban J connectivity index is 2.16. The number of hydrogen-bond donors (Lipinski definition) is 1. The number of halogens is 1. The fraction of sp³-hybridized carbons (Fsp3) is 0.0909. The molecule has 0 aliphatic rings. The van der Waals surface area contributed by atoms with Gasteiger partial charge in [0, 0.05) is 16.0 Å². The molecule has 5 heteroatoms. The Hall–Kier alpha value is -1.21. The Bertz CT molecular complexity index is 474. The van der Waals surface area contributed by atoms with E-state index in [0.717, 1.165) is 9.13 Å². The predicted molar refractivity (Wildman–Crippen MR) is 67.2 cm³/mol. The highest BCUT2D eigenvalue weighted by Crippen LogP contribution is 2.18. The summed E-state index contributed by atoms with van der Waals surface area (Å²) >= 11 is 2.13. The van der Waals surface area contributed by atoms with E-state index in [4.69, 9.17) is 9.84 Å². The highest BCUT2D eigenvalue weighted by Gasteiger charge is 2.00. The zero-order valence-electron chi connectivity index (χ0n) is 8.30. The van der Waals surface area contributed by atoms with Crippen LogP contribution in [0.25, 0.3) is 0 Å². The molecule has 0 bridgehead atoms. The summed E-state index contributed by atoms with van der Waals surface area (Å²) in [5.41, 5.74) is 0.794. The molecule has 0 atom stereocenters. The molecule has 16 heavy (non-hydrogen) atoms. The molecule has 0 fully saturated rings. The molecule has 4 nitrogen and oxygen atoms in total. The number of nitrogens with zero attached hydrogens (tertiary/aromatic N) is 2. The number of benzene rings is 1. The monoisotopic (exact) mass is 328 g/mol. The molecule has 0 saturated carbocycles. The lowest BCUT2D eigenvalue weighted by atomic mass is 10.2. The summed E-state index contributed by atoms with van der Waals surface area (Å²) in [5, 5.41) is 8.98. The van der Waals surface area contributed by atoms with Crippen molar-refractivity contribution in [2.24, 2.45) is 0 Å². The van der Waals surface area contributed by atoms with E-state index in [1.807, 2.05) is 12.1 Å². The van der Waals surface area contributed by atoms with Crippen LogP contribution in [0, 0.1) is 3.57 Å². The number of aliphatic hydroxyl groups excluding tert-OH is 1.